The SMILES string of the molecule is Cc1cc(N)c(C)c(S(=O)(=O)Nc2ccncc2Br)c1. The Balaban J connectivity index is 2.49. The minimum Gasteiger partial charge on any atom is -0.398 e. The van der Waals surface area contributed by atoms with E-state index in [-0.39, 0.29) is 4.90 Å². The number of hydrogen-bond donors (Lipinski definition) is 2. The van der Waals surface area contributed by atoms with Gasteiger partial charge in [0.05, 0.1) is 15.1 Å². The van der Waals surface area contributed by atoms with Gasteiger partial charge in [0, 0.05) is 18.1 Å². The summed E-state index contributed by atoms with van der Waals surface area (Å²) in [5, 5.41) is 0. The topological polar surface area (TPSA) is 85.1 Å². The van der Waals surface area contributed by atoms with Gasteiger partial charge in [0.25, 0.3) is 10.0 Å². The lowest BCUT2D eigenvalue weighted by Crippen LogP contribution is -2.15. The zero-order chi connectivity index (χ0) is 14.9. The molecule has 5 nitrogen and oxygen atoms in total. The van der Waals surface area contributed by atoms with Crippen molar-refractivity contribution in [1.29, 1.82) is 0 Å². The van der Waals surface area contributed by atoms with Gasteiger partial charge in [-0.3, -0.25) is 9.71 Å². The Kier molecular flexibility index (Phi) is 4.01. The number of halogens is 1. The highest BCUT2D eigenvalue weighted by Gasteiger charge is 2.19. The Hall–Kier alpha value is -1.60. The molecule has 2 rings (SSSR count). The van der Waals surface area contributed by atoms with E-state index in [1.165, 1.54) is 12.4 Å². The molecule has 0 amide bonds. The zero-order valence-electron chi connectivity index (χ0n) is 11.0. The second-order valence-electron chi connectivity index (χ2n) is 4.44. The van der Waals surface area contributed by atoms with Crippen LogP contribution in [-0.4, -0.2) is 13.4 Å². The molecule has 0 saturated carbocycles. The van der Waals surface area contributed by atoms with E-state index in [4.69, 9.17) is 5.73 Å². The molecule has 3 N–H and O–H groups in total. The Morgan fingerprint density at radius 1 is 1.30 bits per heavy atom. The smallest absolute Gasteiger partial charge is 0.262 e. The van der Waals surface area contributed by atoms with E-state index in [1.54, 1.807) is 32.0 Å². The van der Waals surface area contributed by atoms with E-state index in [2.05, 4.69) is 25.6 Å². The number of aromatic nitrogens is 1. The van der Waals surface area contributed by atoms with Crippen molar-refractivity contribution in [2.45, 2.75) is 18.7 Å². The molecule has 7 heteroatoms. The molecule has 1 heterocycles. The molecule has 0 atom stereocenters. The number of pyridine rings is 1. The maximum atomic E-state index is 12.5. The molecule has 0 unspecified atom stereocenters. The van der Waals surface area contributed by atoms with Crippen molar-refractivity contribution < 1.29 is 8.42 Å². The molecule has 0 spiro atoms. The number of rotatable bonds is 3. The predicted octanol–water partition coefficient (Wildman–Crippen LogP) is 2.84. The second-order valence-corrected chi connectivity index (χ2v) is 6.94. The minimum atomic E-state index is -3.70. The zero-order valence-corrected chi connectivity index (χ0v) is 13.4. The fraction of sp³-hybridized carbons (Fsp3) is 0.154. The molecule has 1 aromatic carbocycles. The third-order valence-corrected chi connectivity index (χ3v) is 4.97. The summed E-state index contributed by atoms with van der Waals surface area (Å²) in [5.41, 5.74) is 8.05. The summed E-state index contributed by atoms with van der Waals surface area (Å²) in [7, 11) is -3.70. The number of nitrogens with zero attached hydrogens (tertiary/aromatic N) is 1. The lowest BCUT2D eigenvalue weighted by molar-refractivity contribution is 0.600. The third kappa shape index (κ3) is 2.94. The number of anilines is 2. The normalized spacial score (nSPS) is 11.3. The Bertz CT molecular complexity index is 760. The van der Waals surface area contributed by atoms with Gasteiger partial charge in [-0.15, -0.1) is 0 Å². The molecular weight excluding hydrogens is 342 g/mol. The molecule has 0 radical (unpaired) electrons. The van der Waals surface area contributed by atoms with E-state index in [9.17, 15) is 8.42 Å². The van der Waals surface area contributed by atoms with Gasteiger partial charge in [-0.25, -0.2) is 8.42 Å². The van der Waals surface area contributed by atoms with Crippen LogP contribution in [0.15, 0.2) is 40.0 Å². The summed E-state index contributed by atoms with van der Waals surface area (Å²) in [6.07, 6.45) is 3.04. The van der Waals surface area contributed by atoms with Gasteiger partial charge in [-0.05, 0) is 59.1 Å². The van der Waals surface area contributed by atoms with Gasteiger partial charge in [0.1, 0.15) is 0 Å². The van der Waals surface area contributed by atoms with Gasteiger partial charge in [0.15, 0.2) is 0 Å². The fourth-order valence-electron chi connectivity index (χ4n) is 1.79. The van der Waals surface area contributed by atoms with E-state index in [0.29, 0.717) is 21.4 Å². The first-order chi connectivity index (χ1) is 9.31. The summed E-state index contributed by atoms with van der Waals surface area (Å²) in [4.78, 5) is 4.07. The van der Waals surface area contributed by atoms with Crippen molar-refractivity contribution in [2.24, 2.45) is 0 Å². The highest BCUT2D eigenvalue weighted by molar-refractivity contribution is 9.10. The molecular formula is C13H14BrN3O2S. The largest absolute Gasteiger partial charge is 0.398 e. The van der Waals surface area contributed by atoms with Gasteiger partial charge >= 0.3 is 0 Å². The summed E-state index contributed by atoms with van der Waals surface area (Å²) >= 11 is 3.25. The molecule has 0 saturated heterocycles. The summed E-state index contributed by atoms with van der Waals surface area (Å²) in [5.74, 6) is 0. The molecule has 1 aromatic heterocycles. The number of sulfonamides is 1. The highest BCUT2D eigenvalue weighted by Crippen LogP contribution is 2.27. The van der Waals surface area contributed by atoms with Crippen LogP contribution in [0.2, 0.25) is 0 Å². The standard InChI is InChI=1S/C13H14BrN3O2S/c1-8-5-11(15)9(2)13(6-8)20(18,19)17-12-3-4-16-7-10(12)14/h3-7H,15H2,1-2H3,(H,16,17). The van der Waals surface area contributed by atoms with E-state index < -0.39 is 10.0 Å². The Labute approximate surface area is 126 Å². The van der Waals surface area contributed by atoms with Crippen LogP contribution in [0.4, 0.5) is 11.4 Å². The molecule has 0 aliphatic rings. The van der Waals surface area contributed by atoms with Crippen molar-refractivity contribution in [3.05, 3.63) is 46.2 Å². The Morgan fingerprint density at radius 3 is 2.65 bits per heavy atom. The molecule has 0 aliphatic carbocycles. The van der Waals surface area contributed by atoms with Crippen LogP contribution in [0, 0.1) is 13.8 Å². The average Bonchev–Trinajstić information content (AvgIpc) is 2.36. The fourth-order valence-corrected chi connectivity index (χ4v) is 3.71. The molecule has 2 aromatic rings. The first-order valence-electron chi connectivity index (χ1n) is 5.80. The van der Waals surface area contributed by atoms with Crippen LogP contribution in [0.1, 0.15) is 11.1 Å². The second kappa shape index (κ2) is 5.41. The lowest BCUT2D eigenvalue weighted by Gasteiger charge is -2.13. The lowest BCUT2D eigenvalue weighted by atomic mass is 10.1. The van der Waals surface area contributed by atoms with Crippen LogP contribution >= 0.6 is 15.9 Å². The van der Waals surface area contributed by atoms with E-state index in [0.717, 1.165) is 5.56 Å². The number of aryl methyl sites for hydroxylation is 1. The van der Waals surface area contributed by atoms with Crippen LogP contribution < -0.4 is 10.5 Å². The van der Waals surface area contributed by atoms with Crippen LogP contribution in [-0.2, 0) is 10.0 Å². The van der Waals surface area contributed by atoms with Crippen molar-refractivity contribution >= 4 is 37.3 Å². The van der Waals surface area contributed by atoms with Gasteiger partial charge in [-0.2, -0.15) is 0 Å². The van der Waals surface area contributed by atoms with E-state index >= 15 is 0 Å². The van der Waals surface area contributed by atoms with Crippen LogP contribution in [0.25, 0.3) is 0 Å². The van der Waals surface area contributed by atoms with E-state index in [1.807, 2.05) is 0 Å². The number of nitrogens with two attached hydrogens (primary N) is 1. The predicted molar refractivity (Wildman–Crippen MR) is 83.1 cm³/mol. The Morgan fingerprint density at radius 2 is 2.00 bits per heavy atom. The monoisotopic (exact) mass is 355 g/mol. The molecule has 20 heavy (non-hydrogen) atoms. The van der Waals surface area contributed by atoms with Crippen LogP contribution in [0.3, 0.4) is 0 Å². The molecule has 0 bridgehead atoms. The molecule has 106 valence electrons. The summed E-state index contributed by atoms with van der Waals surface area (Å²) in [6.45, 7) is 3.49. The first kappa shape index (κ1) is 14.8. The maximum absolute atomic E-state index is 12.5. The van der Waals surface area contributed by atoms with Gasteiger partial charge in [-0.1, -0.05) is 0 Å². The first-order valence-corrected chi connectivity index (χ1v) is 8.08. The van der Waals surface area contributed by atoms with Crippen molar-refractivity contribution in [3.63, 3.8) is 0 Å². The number of benzene rings is 1. The van der Waals surface area contributed by atoms with Gasteiger partial charge in [0.2, 0.25) is 0 Å². The number of hydrogen-bond acceptors (Lipinski definition) is 4. The molecule has 0 fully saturated rings. The third-order valence-electron chi connectivity index (χ3n) is 2.85. The summed E-state index contributed by atoms with van der Waals surface area (Å²) in [6, 6.07) is 4.93. The highest BCUT2D eigenvalue weighted by atomic mass is 79.9. The van der Waals surface area contributed by atoms with Crippen molar-refractivity contribution in [1.82, 2.24) is 4.98 Å². The number of nitrogens with one attached hydrogen (secondary N) is 1. The quantitative estimate of drug-likeness (QED) is 0.829. The summed E-state index contributed by atoms with van der Waals surface area (Å²) < 4.78 is 28.0. The number of nitrogen functional groups attached to an aromatic ring is 1. The molecule has 0 aliphatic heterocycles. The van der Waals surface area contributed by atoms with Crippen LogP contribution in [0.5, 0.6) is 0 Å². The van der Waals surface area contributed by atoms with Crippen molar-refractivity contribution in [3.8, 4) is 0 Å². The maximum Gasteiger partial charge on any atom is 0.262 e. The average molecular weight is 356 g/mol. The minimum absolute atomic E-state index is 0.179. The van der Waals surface area contributed by atoms with Gasteiger partial charge < -0.3 is 5.73 Å². The van der Waals surface area contributed by atoms with Crippen molar-refractivity contribution in [2.75, 3.05) is 10.5 Å².